The van der Waals surface area contributed by atoms with Crippen molar-refractivity contribution in [3.63, 3.8) is 0 Å². The van der Waals surface area contributed by atoms with Crippen molar-refractivity contribution in [3.8, 4) is 0 Å². The van der Waals surface area contributed by atoms with Gasteiger partial charge in [0.05, 0.1) is 11.2 Å². The molecule has 1 aromatic heterocycles. The lowest BCUT2D eigenvalue weighted by Crippen LogP contribution is -2.34. The number of nitro benzene ring substituents is 1. The maximum Gasteiger partial charge on any atom is 0.291 e. The Labute approximate surface area is 182 Å². The van der Waals surface area contributed by atoms with Crippen LogP contribution in [-0.2, 0) is 0 Å². The first-order chi connectivity index (χ1) is 14.7. The summed E-state index contributed by atoms with van der Waals surface area (Å²) < 4.78 is 5.07. The lowest BCUT2D eigenvalue weighted by atomic mass is 10.1. The zero-order chi connectivity index (χ0) is 22.5. The number of aryl methyl sites for hydroxylation is 2. The van der Waals surface area contributed by atoms with Crippen LogP contribution in [0.4, 0.5) is 17.1 Å². The number of anilines is 2. The molecular formula is C21H18N4O5S. The highest BCUT2D eigenvalue weighted by Gasteiger charge is 2.16. The smallest absolute Gasteiger partial charge is 0.291 e. The van der Waals surface area contributed by atoms with E-state index >= 15 is 0 Å². The van der Waals surface area contributed by atoms with Crippen molar-refractivity contribution in [2.45, 2.75) is 13.8 Å². The number of furan rings is 1. The molecule has 1 heterocycles. The molecule has 2 aromatic carbocycles. The zero-order valence-electron chi connectivity index (χ0n) is 16.6. The van der Waals surface area contributed by atoms with E-state index in [-0.39, 0.29) is 28.0 Å². The highest BCUT2D eigenvalue weighted by atomic mass is 32.1. The molecule has 0 saturated heterocycles. The first kappa shape index (κ1) is 21.7. The Balaban J connectivity index is 1.63. The number of amides is 2. The number of hydrogen-bond donors (Lipinski definition) is 3. The standard InChI is InChI=1S/C21H18N4O5S/c1-12-5-6-14(11-17(12)25(28)29)19(26)24-21(31)22-15-7-8-16(13(2)10-15)23-20(27)18-4-3-9-30-18/h3-11H,1-2H3,(H,23,27)(H2,22,24,26,31). The van der Waals surface area contributed by atoms with Crippen LogP contribution in [0.3, 0.4) is 0 Å². The lowest BCUT2D eigenvalue weighted by molar-refractivity contribution is -0.385. The van der Waals surface area contributed by atoms with Gasteiger partial charge in [-0.25, -0.2) is 0 Å². The summed E-state index contributed by atoms with van der Waals surface area (Å²) in [6.45, 7) is 3.39. The van der Waals surface area contributed by atoms with E-state index in [2.05, 4.69) is 16.0 Å². The molecule has 9 nitrogen and oxygen atoms in total. The second kappa shape index (κ2) is 9.18. The molecule has 0 radical (unpaired) electrons. The highest BCUT2D eigenvalue weighted by molar-refractivity contribution is 7.80. The minimum atomic E-state index is -0.570. The first-order valence-corrected chi connectivity index (χ1v) is 9.48. The van der Waals surface area contributed by atoms with Crippen molar-refractivity contribution < 1.29 is 18.9 Å². The molecule has 0 atom stereocenters. The van der Waals surface area contributed by atoms with Gasteiger partial charge in [0.25, 0.3) is 17.5 Å². The Morgan fingerprint density at radius 2 is 1.77 bits per heavy atom. The van der Waals surface area contributed by atoms with Gasteiger partial charge in [-0.15, -0.1) is 0 Å². The summed E-state index contributed by atoms with van der Waals surface area (Å²) >= 11 is 5.16. The summed E-state index contributed by atoms with van der Waals surface area (Å²) in [4.78, 5) is 35.0. The van der Waals surface area contributed by atoms with Crippen LogP contribution < -0.4 is 16.0 Å². The maximum absolute atomic E-state index is 12.4. The fraction of sp³-hybridized carbons (Fsp3) is 0.0952. The van der Waals surface area contributed by atoms with Crippen molar-refractivity contribution in [1.82, 2.24) is 5.32 Å². The molecule has 0 bridgehead atoms. The van der Waals surface area contributed by atoms with Gasteiger partial charge in [-0.2, -0.15) is 0 Å². The monoisotopic (exact) mass is 438 g/mol. The molecule has 2 amide bonds. The third kappa shape index (κ3) is 5.31. The van der Waals surface area contributed by atoms with Crippen LogP contribution in [0, 0.1) is 24.0 Å². The van der Waals surface area contributed by atoms with Gasteiger partial charge in [-0.1, -0.05) is 6.07 Å². The summed E-state index contributed by atoms with van der Waals surface area (Å²) in [6.07, 6.45) is 1.42. The number of rotatable bonds is 5. The van der Waals surface area contributed by atoms with E-state index in [0.29, 0.717) is 16.9 Å². The normalized spacial score (nSPS) is 10.3. The Hall–Kier alpha value is -4.05. The van der Waals surface area contributed by atoms with Crippen LogP contribution in [0.1, 0.15) is 32.0 Å². The number of nitrogens with zero attached hydrogens (tertiary/aromatic N) is 1. The van der Waals surface area contributed by atoms with Gasteiger partial charge < -0.3 is 15.1 Å². The third-order valence-corrected chi connectivity index (χ3v) is 4.58. The molecule has 0 aliphatic heterocycles. The van der Waals surface area contributed by atoms with Crippen LogP contribution >= 0.6 is 12.2 Å². The van der Waals surface area contributed by atoms with Crippen LogP contribution in [-0.4, -0.2) is 21.9 Å². The maximum atomic E-state index is 12.4. The quantitative estimate of drug-likeness (QED) is 0.310. The van der Waals surface area contributed by atoms with Crippen LogP contribution in [0.2, 0.25) is 0 Å². The largest absolute Gasteiger partial charge is 0.459 e. The second-order valence-electron chi connectivity index (χ2n) is 6.63. The number of nitrogens with one attached hydrogen (secondary N) is 3. The average molecular weight is 438 g/mol. The van der Waals surface area contributed by atoms with Gasteiger partial charge in [0, 0.05) is 28.6 Å². The van der Waals surface area contributed by atoms with Crippen molar-refractivity contribution in [1.29, 1.82) is 0 Å². The highest BCUT2D eigenvalue weighted by Crippen LogP contribution is 2.21. The molecule has 10 heteroatoms. The molecule has 3 N–H and O–H groups in total. The van der Waals surface area contributed by atoms with Gasteiger partial charge in [0.15, 0.2) is 10.9 Å². The lowest BCUT2D eigenvalue weighted by Gasteiger charge is -2.13. The molecule has 158 valence electrons. The van der Waals surface area contributed by atoms with Crippen LogP contribution in [0.25, 0.3) is 0 Å². The minimum Gasteiger partial charge on any atom is -0.459 e. The summed E-state index contributed by atoms with van der Waals surface area (Å²) in [5.41, 5.74) is 2.37. The van der Waals surface area contributed by atoms with Gasteiger partial charge in [-0.3, -0.25) is 25.0 Å². The van der Waals surface area contributed by atoms with E-state index in [1.54, 1.807) is 44.2 Å². The fourth-order valence-electron chi connectivity index (χ4n) is 2.76. The van der Waals surface area contributed by atoms with Gasteiger partial charge in [0.1, 0.15) is 0 Å². The van der Waals surface area contributed by atoms with E-state index < -0.39 is 10.8 Å². The summed E-state index contributed by atoms with van der Waals surface area (Å²) in [5, 5.41) is 19.2. The number of benzene rings is 2. The summed E-state index contributed by atoms with van der Waals surface area (Å²) in [7, 11) is 0. The molecule has 31 heavy (non-hydrogen) atoms. The Morgan fingerprint density at radius 3 is 2.42 bits per heavy atom. The number of thiocarbonyl (C=S) groups is 1. The van der Waals surface area contributed by atoms with E-state index in [1.807, 2.05) is 0 Å². The SMILES string of the molecule is Cc1cc(NC(=S)NC(=O)c2ccc(C)c([N+](=O)[O-])c2)ccc1NC(=O)c1ccco1. The van der Waals surface area contributed by atoms with Crippen LogP contribution in [0.5, 0.6) is 0 Å². The van der Waals surface area contributed by atoms with E-state index in [4.69, 9.17) is 16.6 Å². The van der Waals surface area contributed by atoms with Crippen LogP contribution in [0.15, 0.2) is 59.2 Å². The Morgan fingerprint density at radius 1 is 1.00 bits per heavy atom. The third-order valence-electron chi connectivity index (χ3n) is 4.37. The molecular weight excluding hydrogens is 420 g/mol. The predicted octanol–water partition coefficient (Wildman–Crippen LogP) is 4.18. The molecule has 0 saturated carbocycles. The Bertz CT molecular complexity index is 1170. The molecule has 0 aliphatic rings. The average Bonchev–Trinajstić information content (AvgIpc) is 3.25. The van der Waals surface area contributed by atoms with E-state index in [1.165, 1.54) is 24.5 Å². The van der Waals surface area contributed by atoms with Crippen molar-refractivity contribution in [2.24, 2.45) is 0 Å². The molecule has 0 fully saturated rings. The second-order valence-corrected chi connectivity index (χ2v) is 7.04. The number of carbonyl (C=O) groups excluding carboxylic acids is 2. The van der Waals surface area contributed by atoms with Crippen molar-refractivity contribution in [2.75, 3.05) is 10.6 Å². The van der Waals surface area contributed by atoms with Gasteiger partial charge >= 0.3 is 0 Å². The molecule has 3 rings (SSSR count). The van der Waals surface area contributed by atoms with E-state index in [0.717, 1.165) is 5.56 Å². The summed E-state index contributed by atoms with van der Waals surface area (Å²) in [5.74, 6) is -0.745. The molecule has 0 aliphatic carbocycles. The van der Waals surface area contributed by atoms with Crippen molar-refractivity contribution in [3.05, 3.63) is 87.4 Å². The van der Waals surface area contributed by atoms with E-state index in [9.17, 15) is 19.7 Å². The number of hydrogen-bond acceptors (Lipinski definition) is 6. The fourth-order valence-corrected chi connectivity index (χ4v) is 2.97. The topological polar surface area (TPSA) is 127 Å². The zero-order valence-corrected chi connectivity index (χ0v) is 17.4. The predicted molar refractivity (Wildman–Crippen MR) is 119 cm³/mol. The van der Waals surface area contributed by atoms with Gasteiger partial charge in [0.2, 0.25) is 0 Å². The van der Waals surface area contributed by atoms with Crippen molar-refractivity contribution >= 4 is 46.2 Å². The number of nitro groups is 1. The first-order valence-electron chi connectivity index (χ1n) is 9.07. The molecule has 0 unspecified atom stereocenters. The molecule has 0 spiro atoms. The summed E-state index contributed by atoms with van der Waals surface area (Å²) in [6, 6.07) is 12.5. The van der Waals surface area contributed by atoms with Gasteiger partial charge in [-0.05, 0) is 68.0 Å². The number of carbonyl (C=O) groups is 2. The minimum absolute atomic E-state index is 0.0278. The Kier molecular flexibility index (Phi) is 6.41. The molecule has 3 aromatic rings.